The van der Waals surface area contributed by atoms with Crippen molar-refractivity contribution in [1.82, 2.24) is 10.6 Å². The fraction of sp³-hybridized carbons (Fsp3) is 0.923. The molecule has 18 heavy (non-hydrogen) atoms. The van der Waals surface area contributed by atoms with E-state index in [1.165, 1.54) is 0 Å². The minimum absolute atomic E-state index is 0.0445. The van der Waals surface area contributed by atoms with Crippen molar-refractivity contribution >= 4 is 17.7 Å². The summed E-state index contributed by atoms with van der Waals surface area (Å²) in [4.78, 5) is 11.5. The van der Waals surface area contributed by atoms with Gasteiger partial charge in [0.2, 0.25) is 5.91 Å². The third-order valence-corrected chi connectivity index (χ3v) is 3.16. The van der Waals surface area contributed by atoms with Gasteiger partial charge in [-0.25, -0.2) is 0 Å². The number of carbonyl (C=O) groups excluding carboxylic acids is 1. The van der Waals surface area contributed by atoms with Gasteiger partial charge in [-0.2, -0.15) is 0 Å². The smallest absolute Gasteiger partial charge is 0.220 e. The second kappa shape index (κ2) is 9.64. The molecule has 0 spiro atoms. The molecule has 2 N–H and O–H groups in total. The molecule has 5 heteroatoms. The van der Waals surface area contributed by atoms with E-state index in [2.05, 4.69) is 44.6 Å². The molecule has 0 aliphatic rings. The van der Waals surface area contributed by atoms with Crippen LogP contribution in [0.25, 0.3) is 0 Å². The number of amides is 1. The molecule has 0 bridgehead atoms. The van der Waals surface area contributed by atoms with Crippen LogP contribution in [0.2, 0.25) is 0 Å². The van der Waals surface area contributed by atoms with Gasteiger partial charge in [0.25, 0.3) is 0 Å². The number of carbonyl (C=O) groups is 1. The van der Waals surface area contributed by atoms with Crippen molar-refractivity contribution in [3.63, 3.8) is 0 Å². The maximum Gasteiger partial charge on any atom is 0.220 e. The zero-order valence-corrected chi connectivity index (χ0v) is 13.2. The fourth-order valence-electron chi connectivity index (χ4n) is 1.33. The molecule has 0 aliphatic heterocycles. The highest BCUT2D eigenvalue weighted by atomic mass is 32.2. The summed E-state index contributed by atoms with van der Waals surface area (Å²) in [6.07, 6.45) is 2.63. The normalized spacial score (nSPS) is 13.4. The van der Waals surface area contributed by atoms with E-state index in [0.717, 1.165) is 6.54 Å². The molecule has 0 aromatic heterocycles. The Kier molecular flexibility index (Phi) is 9.50. The molecular weight excluding hydrogens is 248 g/mol. The molecule has 4 nitrogen and oxygen atoms in total. The number of hydrogen-bond acceptors (Lipinski definition) is 4. The molecule has 0 radical (unpaired) electrons. The molecule has 0 heterocycles. The highest BCUT2D eigenvalue weighted by Gasteiger charge is 2.15. The van der Waals surface area contributed by atoms with Crippen LogP contribution in [0, 0.1) is 5.41 Å². The first kappa shape index (κ1) is 17.7. The Balaban J connectivity index is 3.33. The summed E-state index contributed by atoms with van der Waals surface area (Å²) < 4.78 is 5.42. The lowest BCUT2D eigenvalue weighted by atomic mass is 9.92. The summed E-state index contributed by atoms with van der Waals surface area (Å²) in [6.45, 7) is 11.0. The van der Waals surface area contributed by atoms with Crippen LogP contribution in [-0.2, 0) is 9.53 Å². The number of hydrogen-bond donors (Lipinski definition) is 2. The number of rotatable bonds is 9. The molecule has 0 aromatic carbocycles. The SMILES string of the molecule is CSC(C)NCCOCCNC(=O)CC(C)(C)C. The average Bonchev–Trinajstić information content (AvgIpc) is 2.25. The summed E-state index contributed by atoms with van der Waals surface area (Å²) in [7, 11) is 0. The lowest BCUT2D eigenvalue weighted by molar-refractivity contribution is -0.123. The van der Waals surface area contributed by atoms with Crippen molar-refractivity contribution < 1.29 is 9.53 Å². The van der Waals surface area contributed by atoms with Crippen molar-refractivity contribution in [2.75, 3.05) is 32.6 Å². The topological polar surface area (TPSA) is 50.4 Å². The highest BCUT2D eigenvalue weighted by Crippen LogP contribution is 2.17. The molecule has 0 saturated carbocycles. The van der Waals surface area contributed by atoms with Gasteiger partial charge < -0.3 is 15.4 Å². The Morgan fingerprint density at radius 2 is 1.89 bits per heavy atom. The zero-order valence-electron chi connectivity index (χ0n) is 12.3. The van der Waals surface area contributed by atoms with E-state index in [4.69, 9.17) is 4.74 Å². The van der Waals surface area contributed by atoms with Crippen LogP contribution >= 0.6 is 11.8 Å². The van der Waals surface area contributed by atoms with Gasteiger partial charge in [-0.15, -0.1) is 11.8 Å². The van der Waals surface area contributed by atoms with E-state index in [1.807, 2.05) is 0 Å². The first-order valence-electron chi connectivity index (χ1n) is 6.46. The molecule has 1 unspecified atom stereocenters. The summed E-state index contributed by atoms with van der Waals surface area (Å²) in [5.74, 6) is 0.0974. The first-order chi connectivity index (χ1) is 8.35. The van der Waals surface area contributed by atoms with Gasteiger partial charge in [0.15, 0.2) is 0 Å². The molecule has 1 atom stereocenters. The third kappa shape index (κ3) is 12.2. The Morgan fingerprint density at radius 3 is 2.44 bits per heavy atom. The van der Waals surface area contributed by atoms with Gasteiger partial charge in [0.05, 0.1) is 18.6 Å². The van der Waals surface area contributed by atoms with Crippen molar-refractivity contribution in [3.8, 4) is 0 Å². The third-order valence-electron chi connectivity index (χ3n) is 2.29. The predicted octanol–water partition coefficient (Wildman–Crippen LogP) is 1.85. The van der Waals surface area contributed by atoms with Crippen LogP contribution in [0.5, 0.6) is 0 Å². The lowest BCUT2D eigenvalue weighted by Gasteiger charge is -2.17. The van der Waals surface area contributed by atoms with Gasteiger partial charge in [-0.1, -0.05) is 20.8 Å². The minimum atomic E-state index is 0.0445. The number of thioether (sulfide) groups is 1. The molecule has 108 valence electrons. The van der Waals surface area contributed by atoms with Gasteiger partial charge in [-0.05, 0) is 18.6 Å². The average molecular weight is 276 g/mol. The largest absolute Gasteiger partial charge is 0.378 e. The van der Waals surface area contributed by atoms with Crippen LogP contribution in [0.1, 0.15) is 34.1 Å². The fourth-order valence-corrected chi connectivity index (χ4v) is 1.61. The van der Waals surface area contributed by atoms with Crippen LogP contribution in [0.15, 0.2) is 0 Å². The second-order valence-electron chi connectivity index (χ2n) is 5.53. The zero-order chi connectivity index (χ0) is 14.0. The quantitative estimate of drug-likeness (QED) is 0.498. The number of ether oxygens (including phenoxy) is 1. The summed E-state index contributed by atoms with van der Waals surface area (Å²) in [5.41, 5.74) is 0.0445. The summed E-state index contributed by atoms with van der Waals surface area (Å²) in [5, 5.41) is 6.63. The molecule has 0 aliphatic carbocycles. The predicted molar refractivity (Wildman–Crippen MR) is 78.9 cm³/mol. The van der Waals surface area contributed by atoms with E-state index in [0.29, 0.717) is 31.6 Å². The monoisotopic (exact) mass is 276 g/mol. The summed E-state index contributed by atoms with van der Waals surface area (Å²) in [6, 6.07) is 0. The summed E-state index contributed by atoms with van der Waals surface area (Å²) >= 11 is 1.78. The van der Waals surface area contributed by atoms with Crippen LogP contribution in [0.4, 0.5) is 0 Å². The highest BCUT2D eigenvalue weighted by molar-refractivity contribution is 7.99. The lowest BCUT2D eigenvalue weighted by Crippen LogP contribution is -2.31. The Hall–Kier alpha value is -0.260. The molecule has 0 aromatic rings. The van der Waals surface area contributed by atoms with E-state index in [9.17, 15) is 4.79 Å². The van der Waals surface area contributed by atoms with E-state index in [1.54, 1.807) is 11.8 Å². The van der Waals surface area contributed by atoms with Crippen LogP contribution < -0.4 is 10.6 Å². The van der Waals surface area contributed by atoms with Gasteiger partial charge in [0, 0.05) is 19.5 Å². The van der Waals surface area contributed by atoms with Crippen LogP contribution in [0.3, 0.4) is 0 Å². The molecule has 1 amide bonds. The van der Waals surface area contributed by atoms with Crippen molar-refractivity contribution in [2.45, 2.75) is 39.5 Å². The maximum absolute atomic E-state index is 11.5. The minimum Gasteiger partial charge on any atom is -0.378 e. The van der Waals surface area contributed by atoms with Crippen molar-refractivity contribution in [1.29, 1.82) is 0 Å². The first-order valence-corrected chi connectivity index (χ1v) is 7.74. The van der Waals surface area contributed by atoms with Gasteiger partial charge >= 0.3 is 0 Å². The Morgan fingerprint density at radius 1 is 1.28 bits per heavy atom. The maximum atomic E-state index is 11.5. The van der Waals surface area contributed by atoms with Crippen LogP contribution in [-0.4, -0.2) is 43.8 Å². The van der Waals surface area contributed by atoms with E-state index in [-0.39, 0.29) is 11.3 Å². The second-order valence-corrected chi connectivity index (χ2v) is 6.71. The molecule has 0 saturated heterocycles. The van der Waals surface area contributed by atoms with E-state index < -0.39 is 0 Å². The van der Waals surface area contributed by atoms with Gasteiger partial charge in [-0.3, -0.25) is 4.79 Å². The Bertz CT molecular complexity index is 230. The van der Waals surface area contributed by atoms with Crippen molar-refractivity contribution in [2.24, 2.45) is 5.41 Å². The molecular formula is C13H28N2O2S. The van der Waals surface area contributed by atoms with Crippen molar-refractivity contribution in [3.05, 3.63) is 0 Å². The standard InChI is InChI=1S/C13H28N2O2S/c1-11(18-5)14-6-8-17-9-7-15-12(16)10-13(2,3)4/h11,14H,6-10H2,1-5H3,(H,15,16). The van der Waals surface area contributed by atoms with E-state index >= 15 is 0 Å². The molecule has 0 fully saturated rings. The van der Waals surface area contributed by atoms with Gasteiger partial charge in [0.1, 0.15) is 0 Å². The molecule has 0 rings (SSSR count). The Labute approximate surface area is 116 Å². The number of nitrogens with one attached hydrogen (secondary N) is 2.